The molecule has 4 nitrogen and oxygen atoms in total. The number of piperidine rings is 1. The van der Waals surface area contributed by atoms with Gasteiger partial charge in [-0.15, -0.1) is 0 Å². The number of hydrogen-bond acceptors (Lipinski definition) is 3. The lowest BCUT2D eigenvalue weighted by Gasteiger charge is -2.56. The van der Waals surface area contributed by atoms with E-state index in [1.165, 1.54) is 5.56 Å². The third-order valence-electron chi connectivity index (χ3n) is 6.46. The van der Waals surface area contributed by atoms with E-state index < -0.39 is 5.60 Å². The second kappa shape index (κ2) is 5.76. The van der Waals surface area contributed by atoms with Gasteiger partial charge in [0, 0.05) is 17.9 Å². The van der Waals surface area contributed by atoms with Gasteiger partial charge in [-0.1, -0.05) is 25.0 Å². The maximum atomic E-state index is 12.5. The Morgan fingerprint density at radius 3 is 2.79 bits per heavy atom. The zero-order chi connectivity index (χ0) is 16.8. The highest BCUT2D eigenvalue weighted by atomic mass is 16.5. The molecule has 3 aliphatic rings. The van der Waals surface area contributed by atoms with E-state index in [1.54, 1.807) is 7.11 Å². The Kier molecular flexibility index (Phi) is 3.83. The lowest BCUT2D eigenvalue weighted by molar-refractivity contribution is -0.153. The van der Waals surface area contributed by atoms with E-state index in [1.807, 2.05) is 17.0 Å². The van der Waals surface area contributed by atoms with E-state index in [0.29, 0.717) is 6.54 Å². The molecular weight excluding hydrogens is 302 g/mol. The molecule has 1 heterocycles. The first-order chi connectivity index (χ1) is 11.6. The zero-order valence-corrected chi connectivity index (χ0v) is 14.5. The Hall–Kier alpha value is -1.55. The number of methoxy groups -OCH3 is 1. The van der Waals surface area contributed by atoms with Crippen molar-refractivity contribution >= 4 is 5.91 Å². The van der Waals surface area contributed by atoms with Crippen LogP contribution in [0.3, 0.4) is 0 Å². The number of hydrogen-bond donors (Lipinski definition) is 1. The van der Waals surface area contributed by atoms with Crippen molar-refractivity contribution in [2.45, 2.75) is 56.0 Å². The summed E-state index contributed by atoms with van der Waals surface area (Å²) >= 11 is 0. The van der Waals surface area contributed by atoms with Gasteiger partial charge < -0.3 is 14.7 Å². The van der Waals surface area contributed by atoms with Crippen LogP contribution in [0.25, 0.3) is 0 Å². The van der Waals surface area contributed by atoms with Crippen LogP contribution in [-0.4, -0.2) is 41.7 Å². The summed E-state index contributed by atoms with van der Waals surface area (Å²) in [4.78, 5) is 14.4. The van der Waals surface area contributed by atoms with E-state index in [0.717, 1.165) is 57.2 Å². The van der Waals surface area contributed by atoms with Gasteiger partial charge in [-0.05, 0) is 49.8 Å². The molecule has 4 rings (SSSR count). The SMILES string of the molecule is COc1cccc(C23CCCCC2(O)CN(C(=O)C2CC2)CC3)c1. The summed E-state index contributed by atoms with van der Waals surface area (Å²) in [7, 11) is 1.68. The molecule has 0 radical (unpaired) electrons. The number of rotatable bonds is 3. The smallest absolute Gasteiger partial charge is 0.225 e. The van der Waals surface area contributed by atoms with Gasteiger partial charge >= 0.3 is 0 Å². The fourth-order valence-electron chi connectivity index (χ4n) is 4.88. The van der Waals surface area contributed by atoms with E-state index in [9.17, 15) is 9.90 Å². The van der Waals surface area contributed by atoms with Gasteiger partial charge in [0.2, 0.25) is 5.91 Å². The molecule has 4 heteroatoms. The minimum atomic E-state index is -0.819. The Labute approximate surface area is 143 Å². The Morgan fingerprint density at radius 1 is 1.25 bits per heavy atom. The fraction of sp³-hybridized carbons (Fsp3) is 0.650. The van der Waals surface area contributed by atoms with Gasteiger partial charge in [0.1, 0.15) is 5.75 Å². The number of ether oxygens (including phenoxy) is 1. The number of carbonyl (C=O) groups excluding carboxylic acids is 1. The van der Waals surface area contributed by atoms with E-state index >= 15 is 0 Å². The van der Waals surface area contributed by atoms with Crippen molar-refractivity contribution in [3.8, 4) is 5.75 Å². The summed E-state index contributed by atoms with van der Waals surface area (Å²) in [5.41, 5.74) is 0.100. The number of β-amino-alcohol motifs (C(OH)–C–C–N with tert-alkyl or cyclic N) is 1. The van der Waals surface area contributed by atoms with Crippen molar-refractivity contribution in [2.75, 3.05) is 20.2 Å². The highest BCUT2D eigenvalue weighted by molar-refractivity contribution is 5.81. The summed E-state index contributed by atoms with van der Waals surface area (Å²) < 4.78 is 5.41. The molecule has 0 bridgehead atoms. The molecule has 1 N–H and O–H groups in total. The van der Waals surface area contributed by atoms with Gasteiger partial charge in [0.05, 0.1) is 19.3 Å². The fourth-order valence-corrected chi connectivity index (χ4v) is 4.88. The van der Waals surface area contributed by atoms with Gasteiger partial charge in [-0.3, -0.25) is 4.79 Å². The van der Waals surface area contributed by atoms with Crippen molar-refractivity contribution in [1.82, 2.24) is 4.90 Å². The number of carbonyl (C=O) groups is 1. The van der Waals surface area contributed by atoms with Gasteiger partial charge in [-0.2, -0.15) is 0 Å². The first kappa shape index (κ1) is 15.9. The molecule has 130 valence electrons. The Bertz CT molecular complexity index is 642. The van der Waals surface area contributed by atoms with Crippen LogP contribution < -0.4 is 4.74 Å². The van der Waals surface area contributed by atoms with Crippen molar-refractivity contribution < 1.29 is 14.6 Å². The third-order valence-corrected chi connectivity index (χ3v) is 6.46. The molecule has 2 saturated carbocycles. The molecule has 0 aromatic heterocycles. The summed E-state index contributed by atoms with van der Waals surface area (Å²) in [6.45, 7) is 1.24. The number of benzene rings is 1. The van der Waals surface area contributed by atoms with Gasteiger partial charge in [0.15, 0.2) is 0 Å². The maximum absolute atomic E-state index is 12.5. The van der Waals surface area contributed by atoms with Crippen molar-refractivity contribution in [2.24, 2.45) is 5.92 Å². The highest BCUT2D eigenvalue weighted by Gasteiger charge is 2.56. The van der Waals surface area contributed by atoms with Gasteiger partial charge in [-0.25, -0.2) is 0 Å². The molecule has 24 heavy (non-hydrogen) atoms. The molecule has 1 aliphatic heterocycles. The third kappa shape index (κ3) is 2.43. The monoisotopic (exact) mass is 329 g/mol. The normalized spacial score (nSPS) is 33.0. The van der Waals surface area contributed by atoms with Crippen LogP contribution in [0.1, 0.15) is 50.5 Å². The molecule has 1 amide bonds. The average molecular weight is 329 g/mol. The van der Waals surface area contributed by atoms with E-state index in [4.69, 9.17) is 4.74 Å². The van der Waals surface area contributed by atoms with Gasteiger partial charge in [0.25, 0.3) is 0 Å². The number of nitrogens with zero attached hydrogens (tertiary/aromatic N) is 1. The van der Waals surface area contributed by atoms with Crippen molar-refractivity contribution in [1.29, 1.82) is 0 Å². The van der Waals surface area contributed by atoms with Crippen molar-refractivity contribution in [3.63, 3.8) is 0 Å². The molecule has 0 spiro atoms. The largest absolute Gasteiger partial charge is 0.497 e. The molecule has 2 aliphatic carbocycles. The maximum Gasteiger partial charge on any atom is 0.225 e. The number of aliphatic hydroxyl groups is 1. The van der Waals surface area contributed by atoms with E-state index in [2.05, 4.69) is 12.1 Å². The second-order valence-corrected chi connectivity index (χ2v) is 7.84. The molecule has 1 aromatic rings. The van der Waals surface area contributed by atoms with Crippen LogP contribution in [0.5, 0.6) is 5.75 Å². The van der Waals surface area contributed by atoms with Crippen LogP contribution in [-0.2, 0) is 10.2 Å². The van der Waals surface area contributed by atoms with Crippen LogP contribution in [0.4, 0.5) is 0 Å². The first-order valence-corrected chi connectivity index (χ1v) is 9.24. The Balaban J connectivity index is 1.68. The predicted octanol–water partition coefficient (Wildman–Crippen LogP) is 2.88. The lowest BCUT2D eigenvalue weighted by atomic mass is 9.56. The van der Waals surface area contributed by atoms with Crippen LogP contribution in [0.2, 0.25) is 0 Å². The van der Waals surface area contributed by atoms with Crippen molar-refractivity contribution in [3.05, 3.63) is 29.8 Å². The first-order valence-electron chi connectivity index (χ1n) is 9.24. The predicted molar refractivity (Wildman–Crippen MR) is 92.0 cm³/mol. The zero-order valence-electron chi connectivity index (χ0n) is 14.5. The number of amides is 1. The minimum absolute atomic E-state index is 0.224. The summed E-state index contributed by atoms with van der Waals surface area (Å²) in [5.74, 6) is 1.32. The summed E-state index contributed by atoms with van der Waals surface area (Å²) in [5, 5.41) is 11.6. The molecule has 1 aromatic carbocycles. The summed E-state index contributed by atoms with van der Waals surface area (Å²) in [6.07, 6.45) is 6.82. The van der Waals surface area contributed by atoms with Crippen LogP contribution >= 0.6 is 0 Å². The van der Waals surface area contributed by atoms with E-state index in [-0.39, 0.29) is 17.2 Å². The van der Waals surface area contributed by atoms with Crippen LogP contribution in [0, 0.1) is 5.92 Å². The highest BCUT2D eigenvalue weighted by Crippen LogP contribution is 2.52. The number of likely N-dealkylation sites (tertiary alicyclic amines) is 1. The molecule has 3 fully saturated rings. The second-order valence-electron chi connectivity index (χ2n) is 7.84. The molecule has 2 atom stereocenters. The lowest BCUT2D eigenvalue weighted by Crippen LogP contribution is -2.65. The summed E-state index contributed by atoms with van der Waals surface area (Å²) in [6, 6.07) is 8.17. The average Bonchev–Trinajstić information content (AvgIpc) is 3.45. The standard InChI is InChI=1S/C20H27NO3/c1-24-17-6-4-5-16(13-17)19-9-2-3-10-20(19,23)14-21(12-11-19)18(22)15-7-8-15/h4-6,13,15,23H,2-3,7-12,14H2,1H3. The Morgan fingerprint density at radius 2 is 2.04 bits per heavy atom. The van der Waals surface area contributed by atoms with Crippen LogP contribution in [0.15, 0.2) is 24.3 Å². The molecule has 2 unspecified atom stereocenters. The minimum Gasteiger partial charge on any atom is -0.497 e. The molecular formula is C20H27NO3. The number of fused-ring (bicyclic) bond motifs is 1. The quantitative estimate of drug-likeness (QED) is 0.928. The molecule has 1 saturated heterocycles. The topological polar surface area (TPSA) is 49.8 Å².